The second-order valence-electron chi connectivity index (χ2n) is 5.25. The van der Waals surface area contributed by atoms with E-state index < -0.39 is 0 Å². The Morgan fingerprint density at radius 1 is 1.25 bits per heavy atom. The van der Waals surface area contributed by atoms with Crippen molar-refractivity contribution in [1.82, 2.24) is 0 Å². The van der Waals surface area contributed by atoms with Crippen LogP contribution >= 0.6 is 0 Å². The first kappa shape index (κ1) is 13.0. The summed E-state index contributed by atoms with van der Waals surface area (Å²) in [6, 6.07) is 8.42. The Morgan fingerprint density at radius 3 is 2.62 bits per heavy atom. The van der Waals surface area contributed by atoms with Crippen molar-refractivity contribution in [2.45, 2.75) is 34.3 Å². The quantitative estimate of drug-likeness (QED) is 0.819. The summed E-state index contributed by atoms with van der Waals surface area (Å²) in [5.41, 5.74) is 2.70. The normalized spacial score (nSPS) is 11.5. The van der Waals surface area contributed by atoms with E-state index in [4.69, 9.17) is 4.74 Å². The van der Waals surface area contributed by atoms with Gasteiger partial charge >= 0.3 is 0 Å². The van der Waals surface area contributed by atoms with Gasteiger partial charge in [-0.15, -0.1) is 0 Å². The molecule has 0 fully saturated rings. The number of ether oxygens (including phenoxy) is 1. The standard InChI is InChI=1S/C14H23NO/c1-5-16-10-12-7-6-8-13(9-12)15-11-14(2,3)4/h6-9,15H,5,10-11H2,1-4H3. The summed E-state index contributed by atoms with van der Waals surface area (Å²) in [7, 11) is 0. The van der Waals surface area contributed by atoms with E-state index in [1.807, 2.05) is 6.92 Å². The van der Waals surface area contributed by atoms with E-state index in [0.717, 1.165) is 13.2 Å². The van der Waals surface area contributed by atoms with Crippen molar-refractivity contribution in [3.8, 4) is 0 Å². The number of anilines is 1. The lowest BCUT2D eigenvalue weighted by Gasteiger charge is -2.19. The average molecular weight is 221 g/mol. The molecule has 0 aliphatic heterocycles. The van der Waals surface area contributed by atoms with Crippen molar-refractivity contribution in [1.29, 1.82) is 0 Å². The van der Waals surface area contributed by atoms with Crippen LogP contribution in [-0.4, -0.2) is 13.2 Å². The molecule has 0 amide bonds. The van der Waals surface area contributed by atoms with E-state index in [9.17, 15) is 0 Å². The van der Waals surface area contributed by atoms with E-state index in [2.05, 4.69) is 50.4 Å². The van der Waals surface area contributed by atoms with Gasteiger partial charge in [0.2, 0.25) is 0 Å². The van der Waals surface area contributed by atoms with E-state index in [1.165, 1.54) is 11.3 Å². The fraction of sp³-hybridized carbons (Fsp3) is 0.571. The van der Waals surface area contributed by atoms with Crippen LogP contribution in [0.4, 0.5) is 5.69 Å². The van der Waals surface area contributed by atoms with Gasteiger partial charge in [0.05, 0.1) is 6.61 Å². The molecule has 0 bridgehead atoms. The van der Waals surface area contributed by atoms with Gasteiger partial charge in [0.1, 0.15) is 0 Å². The molecule has 90 valence electrons. The lowest BCUT2D eigenvalue weighted by Crippen LogP contribution is -2.19. The number of nitrogens with one attached hydrogen (secondary N) is 1. The molecule has 0 radical (unpaired) electrons. The molecule has 0 unspecified atom stereocenters. The van der Waals surface area contributed by atoms with Crippen LogP contribution in [0.2, 0.25) is 0 Å². The van der Waals surface area contributed by atoms with Gasteiger partial charge in [0, 0.05) is 18.8 Å². The topological polar surface area (TPSA) is 21.3 Å². The molecule has 2 nitrogen and oxygen atoms in total. The predicted octanol–water partition coefficient (Wildman–Crippen LogP) is 3.68. The molecule has 0 aliphatic rings. The Morgan fingerprint density at radius 2 is 2.00 bits per heavy atom. The Kier molecular flexibility index (Phi) is 4.81. The van der Waals surface area contributed by atoms with Crippen molar-refractivity contribution >= 4 is 5.69 Å². The number of hydrogen-bond donors (Lipinski definition) is 1. The molecule has 0 heterocycles. The van der Waals surface area contributed by atoms with Crippen molar-refractivity contribution in [3.05, 3.63) is 29.8 Å². The third-order valence-corrected chi connectivity index (χ3v) is 2.22. The van der Waals surface area contributed by atoms with E-state index in [-0.39, 0.29) is 0 Å². The second-order valence-corrected chi connectivity index (χ2v) is 5.25. The monoisotopic (exact) mass is 221 g/mol. The molecule has 0 atom stereocenters. The highest BCUT2D eigenvalue weighted by molar-refractivity contribution is 5.45. The summed E-state index contributed by atoms with van der Waals surface area (Å²) >= 11 is 0. The summed E-state index contributed by atoms with van der Waals surface area (Å²) in [5.74, 6) is 0. The first-order chi connectivity index (χ1) is 7.51. The molecular weight excluding hydrogens is 198 g/mol. The van der Waals surface area contributed by atoms with Crippen LogP contribution < -0.4 is 5.32 Å². The number of rotatable bonds is 5. The molecule has 0 aliphatic carbocycles. The highest BCUT2D eigenvalue weighted by Crippen LogP contribution is 2.16. The first-order valence-corrected chi connectivity index (χ1v) is 5.92. The average Bonchev–Trinajstić information content (AvgIpc) is 2.23. The van der Waals surface area contributed by atoms with Gasteiger partial charge in [-0.2, -0.15) is 0 Å². The smallest absolute Gasteiger partial charge is 0.0717 e. The van der Waals surface area contributed by atoms with Crippen molar-refractivity contribution < 1.29 is 4.74 Å². The fourth-order valence-corrected chi connectivity index (χ4v) is 1.36. The summed E-state index contributed by atoms with van der Waals surface area (Å²) in [4.78, 5) is 0. The fourth-order valence-electron chi connectivity index (χ4n) is 1.36. The Hall–Kier alpha value is -1.02. The number of benzene rings is 1. The number of hydrogen-bond acceptors (Lipinski definition) is 2. The van der Waals surface area contributed by atoms with Gasteiger partial charge in [0.25, 0.3) is 0 Å². The first-order valence-electron chi connectivity index (χ1n) is 5.92. The van der Waals surface area contributed by atoms with Crippen molar-refractivity contribution in [2.75, 3.05) is 18.5 Å². The predicted molar refractivity (Wildman–Crippen MR) is 69.7 cm³/mol. The highest BCUT2D eigenvalue weighted by Gasteiger charge is 2.09. The molecule has 16 heavy (non-hydrogen) atoms. The lowest BCUT2D eigenvalue weighted by atomic mass is 9.97. The van der Waals surface area contributed by atoms with Gasteiger partial charge in [-0.3, -0.25) is 0 Å². The van der Waals surface area contributed by atoms with Gasteiger partial charge in [0.15, 0.2) is 0 Å². The van der Waals surface area contributed by atoms with E-state index in [1.54, 1.807) is 0 Å². The van der Waals surface area contributed by atoms with Crippen LogP contribution in [0.15, 0.2) is 24.3 Å². The molecule has 0 saturated carbocycles. The Balaban J connectivity index is 2.53. The summed E-state index contributed by atoms with van der Waals surface area (Å²) in [6.07, 6.45) is 0. The maximum Gasteiger partial charge on any atom is 0.0717 e. The molecule has 0 saturated heterocycles. The third-order valence-electron chi connectivity index (χ3n) is 2.22. The maximum absolute atomic E-state index is 5.39. The second kappa shape index (κ2) is 5.90. The minimum Gasteiger partial charge on any atom is -0.385 e. The zero-order chi connectivity index (χ0) is 12.0. The van der Waals surface area contributed by atoms with Crippen LogP contribution in [0.5, 0.6) is 0 Å². The van der Waals surface area contributed by atoms with Crippen LogP contribution in [0, 0.1) is 5.41 Å². The lowest BCUT2D eigenvalue weighted by molar-refractivity contribution is 0.134. The SMILES string of the molecule is CCOCc1cccc(NCC(C)(C)C)c1. The Bertz CT molecular complexity index is 315. The zero-order valence-corrected chi connectivity index (χ0v) is 10.8. The molecule has 2 heteroatoms. The largest absolute Gasteiger partial charge is 0.385 e. The van der Waals surface area contributed by atoms with Gasteiger partial charge in [-0.1, -0.05) is 32.9 Å². The van der Waals surface area contributed by atoms with E-state index in [0.29, 0.717) is 12.0 Å². The van der Waals surface area contributed by atoms with Crippen LogP contribution in [0.25, 0.3) is 0 Å². The van der Waals surface area contributed by atoms with Crippen LogP contribution in [0.1, 0.15) is 33.3 Å². The molecule has 1 aromatic rings. The third kappa shape index (κ3) is 5.17. The molecule has 0 aromatic heterocycles. The highest BCUT2D eigenvalue weighted by atomic mass is 16.5. The molecule has 1 aromatic carbocycles. The maximum atomic E-state index is 5.39. The molecule has 1 rings (SSSR count). The molecular formula is C14H23NO. The summed E-state index contributed by atoms with van der Waals surface area (Å²) in [6.45, 7) is 11.1. The van der Waals surface area contributed by atoms with Crippen molar-refractivity contribution in [2.24, 2.45) is 5.41 Å². The zero-order valence-electron chi connectivity index (χ0n) is 10.8. The summed E-state index contributed by atoms with van der Waals surface area (Å²) in [5, 5.41) is 3.45. The van der Waals surface area contributed by atoms with Crippen LogP contribution in [-0.2, 0) is 11.3 Å². The minimum atomic E-state index is 0.302. The van der Waals surface area contributed by atoms with Crippen LogP contribution in [0.3, 0.4) is 0 Å². The van der Waals surface area contributed by atoms with Gasteiger partial charge in [-0.25, -0.2) is 0 Å². The minimum absolute atomic E-state index is 0.302. The molecule has 0 spiro atoms. The summed E-state index contributed by atoms with van der Waals surface area (Å²) < 4.78 is 5.39. The van der Waals surface area contributed by atoms with Gasteiger partial charge in [-0.05, 0) is 30.0 Å². The van der Waals surface area contributed by atoms with Crippen molar-refractivity contribution in [3.63, 3.8) is 0 Å². The van der Waals surface area contributed by atoms with Gasteiger partial charge < -0.3 is 10.1 Å². The van der Waals surface area contributed by atoms with E-state index >= 15 is 0 Å². The molecule has 1 N–H and O–H groups in total. The Labute approximate surface area is 99.0 Å².